The smallest absolute Gasteiger partial charge is 0.306 e. The Labute approximate surface area is 337 Å². The van der Waals surface area contributed by atoms with Crippen molar-refractivity contribution in [3.8, 4) is 0 Å². The third kappa shape index (κ3) is 44.7. The Hall–Kier alpha value is -1.65. The molecule has 0 fully saturated rings. The first-order valence-electron chi connectivity index (χ1n) is 23.7. The normalized spacial score (nSPS) is 12.7. The van der Waals surface area contributed by atoms with Gasteiger partial charge in [0.25, 0.3) is 0 Å². The van der Waals surface area contributed by atoms with Crippen LogP contribution in [-0.2, 0) is 14.3 Å². The number of aliphatic hydroxyl groups excluding tert-OH is 1. The van der Waals surface area contributed by atoms with Crippen LogP contribution in [0, 0.1) is 0 Å². The fourth-order valence-electron chi connectivity index (χ4n) is 6.91. The van der Waals surface area contributed by atoms with Crippen LogP contribution in [0.1, 0.15) is 239 Å². The zero-order chi connectivity index (χ0) is 39.1. The molecule has 0 radical (unpaired) electrons. The Morgan fingerprint density at radius 3 is 1.26 bits per heavy atom. The van der Waals surface area contributed by atoms with E-state index in [0.717, 1.165) is 44.9 Å². The highest BCUT2D eigenvalue weighted by atomic mass is 16.6. The average Bonchev–Trinajstić information content (AvgIpc) is 3.18. The van der Waals surface area contributed by atoms with Crippen LogP contribution in [0.2, 0.25) is 0 Å². The highest BCUT2D eigenvalue weighted by Crippen LogP contribution is 2.16. The predicted octanol–water partition coefficient (Wildman–Crippen LogP) is 15.8. The topological polar surface area (TPSA) is 55.8 Å². The number of hydrogen-bond donors (Lipinski definition) is 1. The van der Waals surface area contributed by atoms with Gasteiger partial charge in [-0.3, -0.25) is 4.79 Å². The van der Waals surface area contributed by atoms with Crippen LogP contribution in [0.3, 0.4) is 0 Å². The first-order valence-corrected chi connectivity index (χ1v) is 23.7. The quantitative estimate of drug-likeness (QED) is 0.0382. The molecule has 0 aliphatic rings. The molecule has 0 aromatic carbocycles. The molecule has 0 spiro atoms. The summed E-state index contributed by atoms with van der Waals surface area (Å²) in [7, 11) is 0. The van der Waals surface area contributed by atoms with E-state index in [2.05, 4.69) is 62.5 Å². The molecule has 4 nitrogen and oxygen atoms in total. The van der Waals surface area contributed by atoms with Crippen LogP contribution in [-0.4, -0.2) is 37.0 Å². The van der Waals surface area contributed by atoms with Crippen molar-refractivity contribution in [1.82, 2.24) is 0 Å². The second-order valence-corrected chi connectivity index (χ2v) is 15.8. The predicted molar refractivity (Wildman–Crippen MR) is 237 cm³/mol. The summed E-state index contributed by atoms with van der Waals surface area (Å²) in [4.78, 5) is 12.2. The molecule has 0 aliphatic heterocycles. The lowest BCUT2D eigenvalue weighted by molar-refractivity contribution is -0.154. The van der Waals surface area contributed by atoms with Gasteiger partial charge >= 0.3 is 5.97 Å². The lowest BCUT2D eigenvalue weighted by Gasteiger charge is -2.16. The van der Waals surface area contributed by atoms with Crippen LogP contribution in [0.25, 0.3) is 0 Å². The van der Waals surface area contributed by atoms with Crippen molar-refractivity contribution in [2.24, 2.45) is 0 Å². The highest BCUT2D eigenvalue weighted by Gasteiger charge is 2.13. The molecule has 54 heavy (non-hydrogen) atoms. The Morgan fingerprint density at radius 2 is 0.833 bits per heavy atom. The first-order chi connectivity index (χ1) is 26.7. The van der Waals surface area contributed by atoms with E-state index in [1.165, 1.54) is 173 Å². The minimum Gasteiger partial charge on any atom is -0.457 e. The molecule has 1 atom stereocenters. The van der Waals surface area contributed by atoms with Crippen LogP contribution in [0.5, 0.6) is 0 Å². The third-order valence-electron chi connectivity index (χ3n) is 10.4. The Morgan fingerprint density at radius 1 is 0.463 bits per heavy atom. The average molecular weight is 757 g/mol. The van der Waals surface area contributed by atoms with E-state index >= 15 is 0 Å². The minimum absolute atomic E-state index is 0.169. The largest absolute Gasteiger partial charge is 0.457 e. The van der Waals surface area contributed by atoms with Crippen LogP contribution in [0.4, 0.5) is 0 Å². The SMILES string of the molecule is CC/C=C\C/C=C\C/C=C\C/C=C\CCCCCCCCCCCCCCCOCC(CO)OC(=O)CCCCCCCCCCCCCCCCCC. The maximum atomic E-state index is 12.2. The number of carbonyl (C=O) groups is 1. The van der Waals surface area contributed by atoms with Crippen molar-refractivity contribution in [3.63, 3.8) is 0 Å². The van der Waals surface area contributed by atoms with Gasteiger partial charge in [-0.25, -0.2) is 0 Å². The van der Waals surface area contributed by atoms with Gasteiger partial charge in [0, 0.05) is 13.0 Å². The molecule has 0 aromatic heterocycles. The molecule has 0 saturated carbocycles. The summed E-state index contributed by atoms with van der Waals surface area (Å²) < 4.78 is 11.2. The summed E-state index contributed by atoms with van der Waals surface area (Å²) in [5.74, 6) is -0.198. The van der Waals surface area contributed by atoms with Gasteiger partial charge < -0.3 is 14.6 Å². The summed E-state index contributed by atoms with van der Waals surface area (Å²) >= 11 is 0. The lowest BCUT2D eigenvalue weighted by Crippen LogP contribution is -2.27. The number of ether oxygens (including phenoxy) is 2. The number of aliphatic hydroxyl groups is 1. The molecule has 0 heterocycles. The molecule has 4 heteroatoms. The maximum absolute atomic E-state index is 12.2. The number of unbranched alkanes of at least 4 members (excludes halogenated alkanes) is 28. The summed E-state index contributed by atoms with van der Waals surface area (Å²) in [6.07, 6.45) is 61.9. The molecule has 0 rings (SSSR count). The lowest BCUT2D eigenvalue weighted by atomic mass is 10.0. The zero-order valence-electron chi connectivity index (χ0n) is 36.2. The molecule has 0 bridgehead atoms. The molecular formula is C50H92O4. The van der Waals surface area contributed by atoms with Gasteiger partial charge in [-0.1, -0.05) is 229 Å². The van der Waals surface area contributed by atoms with E-state index in [0.29, 0.717) is 19.6 Å². The van der Waals surface area contributed by atoms with Crippen molar-refractivity contribution in [1.29, 1.82) is 0 Å². The number of rotatable bonds is 44. The number of esters is 1. The Kier molecular flexibility index (Phi) is 46.0. The summed E-state index contributed by atoms with van der Waals surface area (Å²) in [5.41, 5.74) is 0. The minimum atomic E-state index is -0.533. The van der Waals surface area contributed by atoms with Gasteiger partial charge in [-0.2, -0.15) is 0 Å². The summed E-state index contributed by atoms with van der Waals surface area (Å²) in [6.45, 7) is 5.26. The molecule has 0 aliphatic carbocycles. The van der Waals surface area contributed by atoms with Gasteiger partial charge in [-0.15, -0.1) is 0 Å². The second-order valence-electron chi connectivity index (χ2n) is 15.8. The fourth-order valence-corrected chi connectivity index (χ4v) is 6.91. The van der Waals surface area contributed by atoms with Crippen molar-refractivity contribution in [2.45, 2.75) is 245 Å². The first kappa shape index (κ1) is 52.3. The Bertz CT molecular complexity index is 844. The molecule has 0 amide bonds. The van der Waals surface area contributed by atoms with E-state index in [4.69, 9.17) is 9.47 Å². The second kappa shape index (κ2) is 47.5. The van der Waals surface area contributed by atoms with E-state index in [1.54, 1.807) is 0 Å². The Balaban J connectivity index is 3.39. The zero-order valence-corrected chi connectivity index (χ0v) is 36.2. The van der Waals surface area contributed by atoms with Gasteiger partial charge in [0.15, 0.2) is 0 Å². The van der Waals surface area contributed by atoms with Gasteiger partial charge in [0.05, 0.1) is 13.2 Å². The van der Waals surface area contributed by atoms with Crippen LogP contribution >= 0.6 is 0 Å². The van der Waals surface area contributed by atoms with Crippen molar-refractivity contribution >= 4 is 5.97 Å². The van der Waals surface area contributed by atoms with E-state index in [1.807, 2.05) is 0 Å². The standard InChI is InChI=1S/C50H92O4/c1-3-5-7-9-11-13-15-17-19-21-22-23-24-25-26-27-28-29-30-32-34-36-38-40-42-44-46-53-48-49(47-51)54-50(52)45-43-41-39-37-35-33-31-20-18-16-14-12-10-8-6-4-2/h5,7,11,13,17,19,22-23,49,51H,3-4,6,8-10,12,14-16,18,20-21,24-48H2,1-2H3/b7-5-,13-11-,19-17-,23-22-. The van der Waals surface area contributed by atoms with E-state index in [9.17, 15) is 9.90 Å². The van der Waals surface area contributed by atoms with Crippen molar-refractivity contribution < 1.29 is 19.4 Å². The third-order valence-corrected chi connectivity index (χ3v) is 10.4. The molecule has 0 saturated heterocycles. The monoisotopic (exact) mass is 757 g/mol. The maximum Gasteiger partial charge on any atom is 0.306 e. The molecular weight excluding hydrogens is 665 g/mol. The molecule has 0 aromatic rings. The van der Waals surface area contributed by atoms with Gasteiger partial charge in [0.1, 0.15) is 6.10 Å². The fraction of sp³-hybridized carbons (Fsp3) is 0.820. The molecule has 1 N–H and O–H groups in total. The molecule has 316 valence electrons. The van der Waals surface area contributed by atoms with Gasteiger partial charge in [0.2, 0.25) is 0 Å². The number of carbonyl (C=O) groups excluding carboxylic acids is 1. The van der Waals surface area contributed by atoms with Crippen LogP contribution < -0.4 is 0 Å². The van der Waals surface area contributed by atoms with Gasteiger partial charge in [-0.05, 0) is 51.4 Å². The van der Waals surface area contributed by atoms with E-state index < -0.39 is 6.10 Å². The highest BCUT2D eigenvalue weighted by molar-refractivity contribution is 5.69. The number of allylic oxidation sites excluding steroid dienone is 8. The van der Waals surface area contributed by atoms with E-state index in [-0.39, 0.29) is 12.6 Å². The van der Waals surface area contributed by atoms with Crippen LogP contribution in [0.15, 0.2) is 48.6 Å². The molecule has 1 unspecified atom stereocenters. The summed E-state index contributed by atoms with van der Waals surface area (Å²) in [5, 5.41) is 9.63. The number of hydrogen-bond acceptors (Lipinski definition) is 4. The van der Waals surface area contributed by atoms with Crippen molar-refractivity contribution in [3.05, 3.63) is 48.6 Å². The summed E-state index contributed by atoms with van der Waals surface area (Å²) in [6, 6.07) is 0. The van der Waals surface area contributed by atoms with Crippen molar-refractivity contribution in [2.75, 3.05) is 19.8 Å².